The molecule has 6 aliphatic rings. The van der Waals surface area contributed by atoms with E-state index in [2.05, 4.69) is 51.5 Å². The Morgan fingerprint density at radius 2 is 1.36 bits per heavy atom. The number of amides is 7. The number of phosphoric acid groups is 1. The molecule has 20 N–H and O–H groups in total. The molecule has 5 saturated heterocycles. The maximum absolute atomic E-state index is 14.4. The van der Waals surface area contributed by atoms with Crippen LogP contribution in [0.2, 0.25) is 0 Å². The number of imidazole rings is 1. The average molecular weight is 1280 g/mol. The number of phosphoric ester groups is 1. The first-order chi connectivity index (χ1) is 41.8. The molecule has 0 radical (unpaired) electrons. The van der Waals surface area contributed by atoms with Gasteiger partial charge >= 0.3 is 7.82 Å². The number of benzene rings is 1. The van der Waals surface area contributed by atoms with Gasteiger partial charge in [0.2, 0.25) is 41.4 Å². The molecule has 8 bridgehead atoms. The van der Waals surface area contributed by atoms with Gasteiger partial charge in [-0.3, -0.25) is 42.6 Å². The quantitative estimate of drug-likeness (QED) is 0.0596. The van der Waals surface area contributed by atoms with Gasteiger partial charge < -0.3 is 85.4 Å². The van der Waals surface area contributed by atoms with Crippen LogP contribution < -0.4 is 61.0 Å². The Labute approximate surface area is 525 Å². The first-order valence-corrected chi connectivity index (χ1v) is 32.6. The third-order valence-corrected chi connectivity index (χ3v) is 22.8. The number of carbonyl (C=O) groups is 7. The van der Waals surface area contributed by atoms with Crippen LogP contribution in [-0.4, -0.2) is 133 Å². The topological polar surface area (TPSA) is 459 Å². The smallest absolute Gasteiger partial charge is 0.394 e. The van der Waals surface area contributed by atoms with Gasteiger partial charge in [-0.05, 0) is 124 Å². The first-order valence-electron chi connectivity index (χ1n) is 31.1. The Bertz CT molecular complexity index is 3330. The molecule has 3 unspecified atom stereocenters. The highest BCUT2D eigenvalue weighted by Crippen LogP contribution is 2.62. The summed E-state index contributed by atoms with van der Waals surface area (Å²) in [4.78, 5) is 109. The lowest BCUT2D eigenvalue weighted by molar-refractivity contribution is -0.124. The molecule has 498 valence electrons. The molecule has 6 aliphatic heterocycles. The van der Waals surface area contributed by atoms with Gasteiger partial charge in [-0.2, -0.15) is 0 Å². The standard InChI is InChI=1S/C62H96N13O14P/c1-29-20-39-40(21-30(29)2)75(28-70-39)57-52(84)53(41(27-76)87-57)89-90(85,86)88-31(3)26-69-49(83)18-19-59(8)37(22-46(66)80)56-62(11)61(10,25-48(68)82)36(14-17-45(65)79)51(74-62)33(5)55-60(9,24-47(67)81)34(12-15-43(63)77)38(71-55)23-42-58(6,7)35(13-16-44(64)78)50(72-42)32(4)54(59)73-56/h20-21,23,28,31,34-37,41-42,52-57,71-74,76,84H,12-19,22,24-27H2,1-11H3,(H2,63,77)(H2,64,78)(H2,65,79)(H2,66,80)(H2,67,81)(H2,68,82)(H,69,83)(H,85,86)/b38-23-,50-32-,51-33-/t31-,34-,35-,36-,37+,41-,42?,52-,53-,54?,55+,56-,57+,59-,60+,61+,62+/m1/s1. The summed E-state index contributed by atoms with van der Waals surface area (Å²) in [6, 6.07) is 1.13. The number of primary amides is 6. The lowest BCUT2D eigenvalue weighted by Gasteiger charge is -2.49. The van der Waals surface area contributed by atoms with Crippen LogP contribution in [0.1, 0.15) is 150 Å². The van der Waals surface area contributed by atoms with E-state index in [1.54, 1.807) is 4.57 Å². The summed E-state index contributed by atoms with van der Waals surface area (Å²) in [7, 11) is -5.05. The van der Waals surface area contributed by atoms with E-state index in [0.717, 1.165) is 28.1 Å². The van der Waals surface area contributed by atoms with Crippen molar-refractivity contribution >= 4 is 60.2 Å². The summed E-state index contributed by atoms with van der Waals surface area (Å²) >= 11 is 0. The van der Waals surface area contributed by atoms with Crippen molar-refractivity contribution in [2.45, 2.75) is 207 Å². The number of rotatable bonds is 26. The van der Waals surface area contributed by atoms with Crippen molar-refractivity contribution in [1.82, 2.24) is 36.1 Å². The van der Waals surface area contributed by atoms with Gasteiger partial charge in [0.1, 0.15) is 18.3 Å². The van der Waals surface area contributed by atoms with E-state index in [4.69, 9.17) is 48.2 Å². The van der Waals surface area contributed by atoms with E-state index in [-0.39, 0.29) is 76.7 Å². The lowest BCUT2D eigenvalue weighted by atomic mass is 9.56. The normalized spacial score (nSPS) is 36.7. The van der Waals surface area contributed by atoms with E-state index in [0.29, 0.717) is 28.7 Å². The first kappa shape index (κ1) is 69.4. The monoisotopic (exact) mass is 1280 g/mol. The predicted molar refractivity (Wildman–Crippen MR) is 332 cm³/mol. The summed E-state index contributed by atoms with van der Waals surface area (Å²) in [6.07, 6.45) is -3.17. The van der Waals surface area contributed by atoms with Gasteiger partial charge in [0.25, 0.3) is 0 Å². The molecule has 90 heavy (non-hydrogen) atoms. The third-order valence-electron chi connectivity index (χ3n) is 21.7. The van der Waals surface area contributed by atoms with Gasteiger partial charge in [0.05, 0.1) is 47.7 Å². The Morgan fingerprint density at radius 3 is 1.94 bits per heavy atom. The van der Waals surface area contributed by atoms with Crippen LogP contribution >= 0.6 is 7.82 Å². The highest BCUT2D eigenvalue weighted by Gasteiger charge is 2.68. The number of carbonyl (C=O) groups excluding carboxylic acids is 7. The zero-order valence-corrected chi connectivity index (χ0v) is 54.5. The van der Waals surface area contributed by atoms with Gasteiger partial charge in [-0.1, -0.05) is 34.6 Å². The predicted octanol–water partition coefficient (Wildman–Crippen LogP) is 1.71. The van der Waals surface area contributed by atoms with Crippen molar-refractivity contribution in [3.05, 3.63) is 63.9 Å². The van der Waals surface area contributed by atoms with E-state index in [1.165, 1.54) is 13.3 Å². The molecule has 28 heteroatoms. The van der Waals surface area contributed by atoms with Crippen molar-refractivity contribution in [2.75, 3.05) is 13.2 Å². The molecule has 7 amide bonds. The number of nitrogens with zero attached hydrogens (tertiary/aromatic N) is 2. The molecule has 5 fully saturated rings. The minimum Gasteiger partial charge on any atom is -0.394 e. The highest BCUT2D eigenvalue weighted by atomic mass is 31.2. The summed E-state index contributed by atoms with van der Waals surface area (Å²) in [5, 5.41) is 40.2. The van der Waals surface area contributed by atoms with Gasteiger partial charge in [-0.15, -0.1) is 0 Å². The van der Waals surface area contributed by atoms with Crippen molar-refractivity contribution in [2.24, 2.45) is 79.7 Å². The Balaban J connectivity index is 1.17. The number of aromatic nitrogens is 2. The zero-order chi connectivity index (χ0) is 66.7. The van der Waals surface area contributed by atoms with Crippen molar-refractivity contribution in [1.29, 1.82) is 0 Å². The summed E-state index contributed by atoms with van der Waals surface area (Å²) in [5.41, 5.74) is 38.0. The summed E-state index contributed by atoms with van der Waals surface area (Å²) in [5.74, 6) is -6.32. The SMILES string of the molecule is C/C1=C2/NC(/C=C3\N[C@@H](/C(C)=C4\N[C@@](C)([C@@H]5NC1[C@](C)(CCC(=O)NC[C@@H](C)OP(=O)(O)O[C@H]1[C@@H](O)[C@@H](n6cnc7cc(C)c(C)cc76)O[C@@H]1CO)[C@H]5CC(N)=O)[C@@](C)(CC(N)=O)[C@@H]4CCC(N)=O)[C@@](C)(CC(N)=O)[C@@H]3CCC(N)=O)C(C)(C)[C@@H]2CCC(N)=O. The second-order valence-corrected chi connectivity index (χ2v) is 29.3. The molecular weight excluding hydrogens is 1180 g/mol. The fraction of sp³-hybridized carbons (Fsp3) is 0.677. The van der Waals surface area contributed by atoms with Gasteiger partial charge in [0, 0.05) is 109 Å². The number of allylic oxidation sites excluding steroid dienone is 3. The summed E-state index contributed by atoms with van der Waals surface area (Å²) < 4.78 is 32.3. The number of nitrogens with two attached hydrogens (primary N) is 6. The van der Waals surface area contributed by atoms with Crippen molar-refractivity contribution < 1.29 is 67.0 Å². The maximum atomic E-state index is 14.4. The molecule has 1 aromatic carbocycles. The molecule has 0 aliphatic carbocycles. The Kier molecular flexibility index (Phi) is 20.0. The van der Waals surface area contributed by atoms with Gasteiger partial charge in [-0.25, -0.2) is 9.55 Å². The number of aliphatic hydroxyl groups is 2. The largest absolute Gasteiger partial charge is 0.472 e. The number of hydrogen-bond acceptors (Lipinski definition) is 18. The minimum absolute atomic E-state index is 0.0214. The van der Waals surface area contributed by atoms with Crippen LogP contribution in [-0.2, 0) is 51.9 Å². The van der Waals surface area contributed by atoms with Crippen LogP contribution in [0.15, 0.2) is 52.8 Å². The molecule has 18 atom stereocenters. The molecule has 2 aromatic rings. The van der Waals surface area contributed by atoms with Crippen molar-refractivity contribution in [3.8, 4) is 0 Å². The fourth-order valence-corrected chi connectivity index (χ4v) is 17.7. The molecule has 27 nitrogen and oxygen atoms in total. The number of ether oxygens (including phenoxy) is 1. The molecule has 0 spiro atoms. The second-order valence-electron chi connectivity index (χ2n) is 28.0. The highest BCUT2D eigenvalue weighted by molar-refractivity contribution is 7.47. The Morgan fingerprint density at radius 1 is 0.767 bits per heavy atom. The maximum Gasteiger partial charge on any atom is 0.472 e. The Hall–Kier alpha value is -6.45. The number of nitrogens with one attached hydrogen (secondary N) is 5. The van der Waals surface area contributed by atoms with E-state index < -0.39 is 156 Å². The van der Waals surface area contributed by atoms with Crippen LogP contribution in [0.4, 0.5) is 0 Å². The third kappa shape index (κ3) is 13.2. The van der Waals surface area contributed by atoms with Crippen LogP contribution in [0.25, 0.3) is 11.0 Å². The lowest BCUT2D eigenvalue weighted by Crippen LogP contribution is -2.64. The average Bonchev–Trinajstić information content (AvgIpc) is 1.53. The molecule has 7 heterocycles. The van der Waals surface area contributed by atoms with Crippen LogP contribution in [0, 0.1) is 59.2 Å². The molecule has 1 aromatic heterocycles. The molecule has 0 saturated carbocycles. The minimum atomic E-state index is -5.05. The fourth-order valence-electron chi connectivity index (χ4n) is 16.6. The van der Waals surface area contributed by atoms with Crippen LogP contribution in [0.5, 0.6) is 0 Å². The van der Waals surface area contributed by atoms with Crippen LogP contribution in [0.3, 0.4) is 0 Å². The number of hydrogen-bond donors (Lipinski definition) is 14. The molecular formula is C62H96N13O14P. The number of aliphatic hydroxyl groups excluding tert-OH is 2. The number of fused-ring (bicyclic) bond motifs is 10. The van der Waals surface area contributed by atoms with E-state index >= 15 is 0 Å². The summed E-state index contributed by atoms with van der Waals surface area (Å²) in [6.45, 7) is 20.1. The molecule has 8 rings (SSSR count). The zero-order valence-electron chi connectivity index (χ0n) is 53.6. The van der Waals surface area contributed by atoms with E-state index in [9.17, 15) is 53.2 Å². The number of aryl methyl sites for hydroxylation is 2. The second kappa shape index (κ2) is 25.9. The van der Waals surface area contributed by atoms with Crippen molar-refractivity contribution in [3.63, 3.8) is 0 Å². The van der Waals surface area contributed by atoms with Gasteiger partial charge in [0.15, 0.2) is 6.23 Å². The van der Waals surface area contributed by atoms with E-state index in [1.807, 2.05) is 67.5 Å².